The molecule has 0 spiro atoms. The number of rotatable bonds is 4. The topological polar surface area (TPSA) is 118 Å². The third-order valence-corrected chi connectivity index (χ3v) is 6.75. The third-order valence-electron chi connectivity index (χ3n) is 4.11. The van der Waals surface area contributed by atoms with Crippen molar-refractivity contribution >= 4 is 20.2 Å². The van der Waals surface area contributed by atoms with Crippen molar-refractivity contribution in [2.75, 3.05) is 0 Å². The van der Waals surface area contributed by atoms with Crippen LogP contribution in [0.2, 0.25) is 0 Å². The van der Waals surface area contributed by atoms with Gasteiger partial charge in [-0.25, -0.2) is 0 Å². The van der Waals surface area contributed by atoms with Gasteiger partial charge in [0.1, 0.15) is 17.1 Å². The normalized spacial score (nSPS) is 35.0. The van der Waals surface area contributed by atoms with Gasteiger partial charge in [-0.05, 0) is 30.1 Å². The van der Waals surface area contributed by atoms with Crippen molar-refractivity contribution in [1.82, 2.24) is 0 Å². The molecule has 0 aromatic carbocycles. The van der Waals surface area contributed by atoms with Crippen LogP contribution in [0.15, 0.2) is 36.1 Å². The summed E-state index contributed by atoms with van der Waals surface area (Å²) in [5.74, 6) is -0.500. The molecule has 0 aromatic rings. The molecule has 23 heavy (non-hydrogen) atoms. The van der Waals surface area contributed by atoms with E-state index in [1.54, 1.807) is 38.2 Å². The van der Waals surface area contributed by atoms with Gasteiger partial charge in [-0.3, -0.25) is 9.11 Å². The molecule has 2 rings (SSSR count). The largest absolute Gasteiger partial charge is 0.487 e. The Kier molecular flexibility index (Phi) is 5.05. The fourth-order valence-corrected chi connectivity index (χ4v) is 4.77. The lowest BCUT2D eigenvalue weighted by Crippen LogP contribution is -2.35. The Morgan fingerprint density at radius 2 is 1.65 bits per heavy atom. The SMILES string of the molecule is CC1C=CC(OC2C=CC(C)C(S(=O)(=O)O)C2)=CC1S(=O)(=O)O. The fraction of sp³-hybridized carbons (Fsp3) is 0.571. The Hall–Kier alpha value is -1.16. The fourth-order valence-electron chi connectivity index (χ4n) is 2.76. The zero-order chi connectivity index (χ0) is 17.4. The van der Waals surface area contributed by atoms with Crippen LogP contribution < -0.4 is 0 Å². The summed E-state index contributed by atoms with van der Waals surface area (Å²) < 4.78 is 69.6. The number of hydrogen-bond donors (Lipinski definition) is 2. The summed E-state index contributed by atoms with van der Waals surface area (Å²) in [6.07, 6.45) is 7.26. The highest BCUT2D eigenvalue weighted by Crippen LogP contribution is 2.29. The Balaban J connectivity index is 2.17. The Bertz CT molecular complexity index is 746. The quantitative estimate of drug-likeness (QED) is 0.574. The number of allylic oxidation sites excluding steroid dienone is 3. The first-order valence-corrected chi connectivity index (χ1v) is 10.2. The highest BCUT2D eigenvalue weighted by molar-refractivity contribution is 7.86. The van der Waals surface area contributed by atoms with Crippen molar-refractivity contribution in [2.24, 2.45) is 11.8 Å². The van der Waals surface area contributed by atoms with Crippen LogP contribution >= 0.6 is 0 Å². The minimum atomic E-state index is -4.25. The van der Waals surface area contributed by atoms with Crippen molar-refractivity contribution in [3.05, 3.63) is 36.1 Å². The summed E-state index contributed by atoms with van der Waals surface area (Å²) in [5.41, 5.74) is 0. The minimum absolute atomic E-state index is 0.0633. The lowest BCUT2D eigenvalue weighted by molar-refractivity contribution is 0.143. The van der Waals surface area contributed by atoms with Crippen LogP contribution in [0.1, 0.15) is 20.3 Å². The maximum Gasteiger partial charge on any atom is 0.272 e. The lowest BCUT2D eigenvalue weighted by Gasteiger charge is -2.29. The van der Waals surface area contributed by atoms with Crippen molar-refractivity contribution in [2.45, 2.75) is 36.9 Å². The molecule has 9 heteroatoms. The van der Waals surface area contributed by atoms with Gasteiger partial charge in [-0.1, -0.05) is 26.0 Å². The maximum atomic E-state index is 11.4. The zero-order valence-corrected chi connectivity index (χ0v) is 14.4. The standard InChI is InChI=1S/C14H20O7S2/c1-9-3-5-11(7-13(9)22(15,16)17)21-12-6-4-10(2)14(8-12)23(18,19)20/h3-7,9-10,12-14H,8H2,1-2H3,(H,15,16,17)(H,18,19,20). The summed E-state index contributed by atoms with van der Waals surface area (Å²) in [6.45, 7) is 3.33. The van der Waals surface area contributed by atoms with Crippen molar-refractivity contribution in [3.8, 4) is 0 Å². The van der Waals surface area contributed by atoms with Gasteiger partial charge in [0, 0.05) is 6.42 Å². The third kappa shape index (κ3) is 4.43. The maximum absolute atomic E-state index is 11.4. The van der Waals surface area contributed by atoms with E-state index in [-0.39, 0.29) is 18.1 Å². The molecule has 0 saturated carbocycles. The summed E-state index contributed by atoms with van der Waals surface area (Å²) in [6, 6.07) is 0. The molecular weight excluding hydrogens is 344 g/mol. The molecule has 2 aliphatic rings. The molecule has 2 aliphatic carbocycles. The van der Waals surface area contributed by atoms with Crippen LogP contribution in [0.4, 0.5) is 0 Å². The van der Waals surface area contributed by atoms with Gasteiger partial charge < -0.3 is 4.74 Å². The van der Waals surface area contributed by atoms with Crippen LogP contribution in [0.25, 0.3) is 0 Å². The Morgan fingerprint density at radius 3 is 2.22 bits per heavy atom. The van der Waals surface area contributed by atoms with Crippen molar-refractivity contribution in [1.29, 1.82) is 0 Å². The lowest BCUT2D eigenvalue weighted by atomic mass is 9.95. The average Bonchev–Trinajstić information content (AvgIpc) is 2.40. The molecule has 130 valence electrons. The van der Waals surface area contributed by atoms with E-state index in [1.807, 2.05) is 0 Å². The van der Waals surface area contributed by atoms with Gasteiger partial charge >= 0.3 is 0 Å². The molecule has 5 atom stereocenters. The molecule has 7 nitrogen and oxygen atoms in total. The molecule has 0 amide bonds. The predicted octanol–water partition coefficient (Wildman–Crippen LogP) is 1.57. The van der Waals surface area contributed by atoms with Gasteiger partial charge in [-0.15, -0.1) is 0 Å². The van der Waals surface area contributed by atoms with Crippen molar-refractivity contribution in [3.63, 3.8) is 0 Å². The molecular formula is C14H20O7S2. The van der Waals surface area contributed by atoms with Gasteiger partial charge in [0.15, 0.2) is 0 Å². The monoisotopic (exact) mass is 364 g/mol. The van der Waals surface area contributed by atoms with Gasteiger partial charge in [0.05, 0.1) is 5.25 Å². The van der Waals surface area contributed by atoms with E-state index in [0.29, 0.717) is 0 Å². The first kappa shape index (κ1) is 18.2. The van der Waals surface area contributed by atoms with Gasteiger partial charge in [-0.2, -0.15) is 16.8 Å². The number of ether oxygens (including phenoxy) is 1. The molecule has 0 aliphatic heterocycles. The minimum Gasteiger partial charge on any atom is -0.487 e. The van der Waals surface area contributed by atoms with Crippen LogP contribution in [0.3, 0.4) is 0 Å². The molecule has 0 radical (unpaired) electrons. The second-order valence-corrected chi connectivity index (χ2v) is 9.17. The molecule has 0 bridgehead atoms. The second kappa shape index (κ2) is 6.39. The molecule has 2 N–H and O–H groups in total. The Labute approximate surface area is 136 Å². The van der Waals surface area contributed by atoms with E-state index >= 15 is 0 Å². The predicted molar refractivity (Wildman–Crippen MR) is 84.9 cm³/mol. The van der Waals surface area contributed by atoms with E-state index in [2.05, 4.69) is 0 Å². The van der Waals surface area contributed by atoms with Crippen LogP contribution in [-0.2, 0) is 25.0 Å². The van der Waals surface area contributed by atoms with Crippen LogP contribution in [0.5, 0.6) is 0 Å². The van der Waals surface area contributed by atoms with Crippen LogP contribution in [-0.4, -0.2) is 42.5 Å². The summed E-state index contributed by atoms with van der Waals surface area (Å²) in [4.78, 5) is 0. The smallest absolute Gasteiger partial charge is 0.272 e. The van der Waals surface area contributed by atoms with E-state index in [4.69, 9.17) is 4.74 Å². The van der Waals surface area contributed by atoms with E-state index in [9.17, 15) is 25.9 Å². The first-order chi connectivity index (χ1) is 10.5. The Morgan fingerprint density at radius 1 is 1.00 bits per heavy atom. The van der Waals surface area contributed by atoms with E-state index in [1.165, 1.54) is 6.08 Å². The first-order valence-electron chi connectivity index (χ1n) is 7.16. The average molecular weight is 364 g/mol. The van der Waals surface area contributed by atoms with E-state index in [0.717, 1.165) is 0 Å². The molecule has 0 aromatic heterocycles. The second-order valence-electron chi connectivity index (χ2n) is 5.96. The van der Waals surface area contributed by atoms with E-state index < -0.39 is 42.8 Å². The molecule has 5 unspecified atom stereocenters. The van der Waals surface area contributed by atoms with Gasteiger partial charge in [0.2, 0.25) is 0 Å². The summed E-state index contributed by atoms with van der Waals surface area (Å²) >= 11 is 0. The highest BCUT2D eigenvalue weighted by atomic mass is 32.2. The molecule has 0 fully saturated rings. The summed E-state index contributed by atoms with van der Waals surface area (Å²) in [5, 5.41) is -2.08. The van der Waals surface area contributed by atoms with Crippen molar-refractivity contribution < 1.29 is 30.7 Å². The zero-order valence-electron chi connectivity index (χ0n) is 12.7. The highest BCUT2D eigenvalue weighted by Gasteiger charge is 2.35. The summed E-state index contributed by atoms with van der Waals surface area (Å²) in [7, 11) is -8.45. The molecule has 0 heterocycles. The number of hydrogen-bond acceptors (Lipinski definition) is 5. The van der Waals surface area contributed by atoms with Crippen LogP contribution in [0, 0.1) is 11.8 Å². The van der Waals surface area contributed by atoms with Gasteiger partial charge in [0.25, 0.3) is 20.2 Å². The molecule has 0 saturated heterocycles.